The van der Waals surface area contributed by atoms with E-state index < -0.39 is 5.82 Å². The van der Waals surface area contributed by atoms with Crippen LogP contribution in [0.2, 0.25) is 0 Å². The van der Waals surface area contributed by atoms with Gasteiger partial charge in [0, 0.05) is 5.56 Å². The second-order valence-electron chi connectivity index (χ2n) is 4.64. The number of aromatic nitrogens is 3. The van der Waals surface area contributed by atoms with Gasteiger partial charge in [0.05, 0.1) is 12.6 Å². The van der Waals surface area contributed by atoms with Crippen molar-refractivity contribution in [2.24, 2.45) is 5.73 Å². The molecule has 2 aromatic rings. The molecule has 1 aromatic heterocycles. The van der Waals surface area contributed by atoms with Crippen molar-refractivity contribution in [1.29, 1.82) is 0 Å². The average Bonchev–Trinajstić information content (AvgIpc) is 2.39. The molecular weight excluding hydrogens is 259 g/mol. The van der Waals surface area contributed by atoms with E-state index in [1.165, 1.54) is 6.07 Å². The van der Waals surface area contributed by atoms with Crippen molar-refractivity contribution >= 4 is 0 Å². The van der Waals surface area contributed by atoms with Crippen molar-refractivity contribution in [2.75, 3.05) is 0 Å². The Labute approximate surface area is 117 Å². The van der Waals surface area contributed by atoms with Crippen LogP contribution in [0.1, 0.15) is 25.5 Å². The van der Waals surface area contributed by atoms with Gasteiger partial charge in [-0.25, -0.2) is 19.3 Å². The van der Waals surface area contributed by atoms with Gasteiger partial charge in [0.25, 0.3) is 0 Å². The predicted octanol–water partition coefficient (Wildman–Crippen LogP) is 2.23. The van der Waals surface area contributed by atoms with Crippen LogP contribution in [-0.2, 0) is 6.54 Å². The summed E-state index contributed by atoms with van der Waals surface area (Å²) in [6.45, 7) is 5.65. The molecule has 0 aliphatic rings. The van der Waals surface area contributed by atoms with Crippen LogP contribution in [0.5, 0.6) is 5.75 Å². The van der Waals surface area contributed by atoms with Gasteiger partial charge in [-0.15, -0.1) is 0 Å². The number of hydrogen-bond donors (Lipinski definition) is 1. The molecule has 0 fully saturated rings. The summed E-state index contributed by atoms with van der Waals surface area (Å²) in [5.74, 6) is 1.22. The van der Waals surface area contributed by atoms with E-state index in [2.05, 4.69) is 15.0 Å². The van der Waals surface area contributed by atoms with Crippen LogP contribution >= 0.6 is 0 Å². The van der Waals surface area contributed by atoms with Gasteiger partial charge in [-0.2, -0.15) is 0 Å². The summed E-state index contributed by atoms with van der Waals surface area (Å²) in [7, 11) is 0. The minimum absolute atomic E-state index is 0.0846. The van der Waals surface area contributed by atoms with E-state index >= 15 is 0 Å². The predicted molar refractivity (Wildman–Crippen MR) is 73.6 cm³/mol. The fraction of sp³-hybridized carbons (Fsp3) is 0.357. The third-order valence-corrected chi connectivity index (χ3v) is 2.53. The van der Waals surface area contributed by atoms with Gasteiger partial charge in [-0.1, -0.05) is 0 Å². The first-order valence-corrected chi connectivity index (χ1v) is 6.37. The molecule has 0 aliphatic carbocycles. The Hall–Kier alpha value is -2.08. The number of nitrogens with two attached hydrogens (primary N) is 1. The Morgan fingerprint density at radius 2 is 2.00 bits per heavy atom. The van der Waals surface area contributed by atoms with E-state index in [0.717, 1.165) is 0 Å². The normalized spacial score (nSPS) is 10.9. The summed E-state index contributed by atoms with van der Waals surface area (Å²) in [6.07, 6.45) is -0.0846. The molecule has 2 N–H and O–H groups in total. The first kappa shape index (κ1) is 14.3. The van der Waals surface area contributed by atoms with Crippen molar-refractivity contribution in [3.8, 4) is 17.1 Å². The Morgan fingerprint density at radius 1 is 1.25 bits per heavy atom. The van der Waals surface area contributed by atoms with Crippen molar-refractivity contribution in [2.45, 2.75) is 33.4 Å². The van der Waals surface area contributed by atoms with Crippen LogP contribution in [0.4, 0.5) is 4.39 Å². The SMILES string of the molecule is Cc1nc(CN)nc(-c2ccc(OC(C)C)c(F)c2)n1. The third-order valence-electron chi connectivity index (χ3n) is 2.53. The second kappa shape index (κ2) is 5.92. The van der Waals surface area contributed by atoms with Crippen molar-refractivity contribution in [1.82, 2.24) is 15.0 Å². The molecule has 1 aromatic carbocycles. The summed E-state index contributed by atoms with van der Waals surface area (Å²) in [5, 5.41) is 0. The van der Waals surface area contributed by atoms with Gasteiger partial charge in [0.1, 0.15) is 11.6 Å². The quantitative estimate of drug-likeness (QED) is 0.927. The number of hydrogen-bond acceptors (Lipinski definition) is 5. The maximum Gasteiger partial charge on any atom is 0.165 e. The molecule has 0 aliphatic heterocycles. The van der Waals surface area contributed by atoms with Gasteiger partial charge >= 0.3 is 0 Å². The van der Waals surface area contributed by atoms with Crippen LogP contribution in [0, 0.1) is 12.7 Å². The molecule has 0 saturated heterocycles. The maximum absolute atomic E-state index is 14.0. The molecule has 2 rings (SSSR count). The summed E-state index contributed by atoms with van der Waals surface area (Å²) < 4.78 is 19.3. The van der Waals surface area contributed by atoms with Gasteiger partial charge < -0.3 is 10.5 Å². The van der Waals surface area contributed by atoms with Gasteiger partial charge in [-0.3, -0.25) is 0 Å². The molecule has 0 radical (unpaired) electrons. The zero-order chi connectivity index (χ0) is 14.7. The number of ether oxygens (including phenoxy) is 1. The molecule has 20 heavy (non-hydrogen) atoms. The molecule has 0 spiro atoms. The molecule has 0 bridgehead atoms. The fourth-order valence-electron chi connectivity index (χ4n) is 1.75. The summed E-state index contributed by atoms with van der Waals surface area (Å²) >= 11 is 0. The topological polar surface area (TPSA) is 73.9 Å². The van der Waals surface area contributed by atoms with E-state index in [9.17, 15) is 4.39 Å². The lowest BCUT2D eigenvalue weighted by atomic mass is 10.2. The van der Waals surface area contributed by atoms with Gasteiger partial charge in [0.2, 0.25) is 0 Å². The maximum atomic E-state index is 14.0. The highest BCUT2D eigenvalue weighted by Gasteiger charge is 2.11. The van der Waals surface area contributed by atoms with Gasteiger partial charge in [0.15, 0.2) is 17.4 Å². The number of aryl methyl sites for hydroxylation is 1. The average molecular weight is 276 g/mol. The van der Waals surface area contributed by atoms with E-state index in [-0.39, 0.29) is 18.4 Å². The third kappa shape index (κ3) is 3.27. The molecule has 0 amide bonds. The molecule has 0 unspecified atom stereocenters. The van der Waals surface area contributed by atoms with Crippen LogP contribution < -0.4 is 10.5 Å². The summed E-state index contributed by atoms with van der Waals surface area (Å²) in [4.78, 5) is 12.5. The molecule has 1 heterocycles. The number of nitrogens with zero attached hydrogens (tertiary/aromatic N) is 3. The molecular formula is C14H17FN4O. The lowest BCUT2D eigenvalue weighted by Gasteiger charge is -2.11. The van der Waals surface area contributed by atoms with Crippen molar-refractivity contribution in [3.05, 3.63) is 35.7 Å². The fourth-order valence-corrected chi connectivity index (χ4v) is 1.75. The van der Waals surface area contributed by atoms with Crippen LogP contribution in [0.25, 0.3) is 11.4 Å². The number of rotatable bonds is 4. The molecule has 5 nitrogen and oxygen atoms in total. The Morgan fingerprint density at radius 3 is 2.60 bits per heavy atom. The van der Waals surface area contributed by atoms with Crippen molar-refractivity contribution in [3.63, 3.8) is 0 Å². The molecule has 0 atom stereocenters. The lowest BCUT2D eigenvalue weighted by molar-refractivity contribution is 0.231. The second-order valence-corrected chi connectivity index (χ2v) is 4.64. The largest absolute Gasteiger partial charge is 0.488 e. The molecule has 106 valence electrons. The first-order chi connectivity index (χ1) is 9.49. The minimum atomic E-state index is -0.441. The standard InChI is InChI=1S/C14H17FN4O/c1-8(2)20-12-5-4-10(6-11(12)15)14-18-9(3)17-13(7-16)19-14/h4-6,8H,7,16H2,1-3H3. The highest BCUT2D eigenvalue weighted by molar-refractivity contribution is 5.56. The van der Waals surface area contributed by atoms with E-state index in [1.54, 1.807) is 19.1 Å². The molecule has 0 saturated carbocycles. The van der Waals surface area contributed by atoms with Crippen molar-refractivity contribution < 1.29 is 9.13 Å². The number of benzene rings is 1. The smallest absolute Gasteiger partial charge is 0.165 e. The van der Waals surface area contributed by atoms with Crippen LogP contribution in [-0.4, -0.2) is 21.1 Å². The molecule has 6 heteroatoms. The van der Waals surface area contributed by atoms with Crippen LogP contribution in [0.3, 0.4) is 0 Å². The number of halogens is 1. The summed E-state index contributed by atoms with van der Waals surface area (Å²) in [6, 6.07) is 4.65. The van der Waals surface area contributed by atoms with Crippen LogP contribution in [0.15, 0.2) is 18.2 Å². The van der Waals surface area contributed by atoms with E-state index in [4.69, 9.17) is 10.5 Å². The monoisotopic (exact) mass is 276 g/mol. The highest BCUT2D eigenvalue weighted by Crippen LogP contribution is 2.24. The Kier molecular flexibility index (Phi) is 4.24. The zero-order valence-electron chi connectivity index (χ0n) is 11.7. The van der Waals surface area contributed by atoms with E-state index in [1.807, 2.05) is 13.8 Å². The first-order valence-electron chi connectivity index (χ1n) is 6.37. The Bertz CT molecular complexity index is 616. The highest BCUT2D eigenvalue weighted by atomic mass is 19.1. The van der Waals surface area contributed by atoms with Gasteiger partial charge in [-0.05, 0) is 39.0 Å². The Balaban J connectivity index is 2.38. The summed E-state index contributed by atoms with van der Waals surface area (Å²) in [5.41, 5.74) is 6.10. The van der Waals surface area contributed by atoms with E-state index in [0.29, 0.717) is 23.0 Å². The minimum Gasteiger partial charge on any atom is -0.488 e. The zero-order valence-corrected chi connectivity index (χ0v) is 11.7. The lowest BCUT2D eigenvalue weighted by Crippen LogP contribution is -2.08.